The molecule has 4 rings (SSSR count). The van der Waals surface area contributed by atoms with E-state index in [2.05, 4.69) is 65.4 Å². The summed E-state index contributed by atoms with van der Waals surface area (Å²) < 4.78 is 44.0. The van der Waals surface area contributed by atoms with Gasteiger partial charge in [0.1, 0.15) is 24.5 Å². The summed E-state index contributed by atoms with van der Waals surface area (Å²) in [5.41, 5.74) is 7.33. The highest BCUT2D eigenvalue weighted by Gasteiger charge is 2.60. The van der Waals surface area contributed by atoms with Crippen LogP contribution in [0.3, 0.4) is 0 Å². The van der Waals surface area contributed by atoms with E-state index in [4.69, 9.17) is 23.4 Å². The predicted octanol–water partition coefficient (Wildman–Crippen LogP) is 5.40. The number of nitrogens with zero attached hydrogens (tertiary/aromatic N) is 3. The lowest BCUT2D eigenvalue weighted by atomic mass is 10.2. The SMILES string of the molecule is CC(C)[Si]1(C(C)C)OC[C@H]2O[C@@H](n3cc(F)c4c(N)ncnc43)C[C@@H]2O[Si](C(C)C)(C(C)C)O1. The number of halogens is 1. The molecule has 2 aromatic rings. The van der Waals surface area contributed by atoms with E-state index in [1.54, 1.807) is 4.57 Å². The summed E-state index contributed by atoms with van der Waals surface area (Å²) in [7, 11) is -5.36. The quantitative estimate of drug-likeness (QED) is 0.539. The van der Waals surface area contributed by atoms with E-state index in [0.717, 1.165) is 0 Å². The topological polar surface area (TPSA) is 93.7 Å². The van der Waals surface area contributed by atoms with Crippen LogP contribution in [-0.2, 0) is 17.7 Å². The number of anilines is 1. The first-order valence-corrected chi connectivity index (χ1v) is 16.3. The van der Waals surface area contributed by atoms with Crippen LogP contribution in [0.4, 0.5) is 10.2 Å². The summed E-state index contributed by atoms with van der Waals surface area (Å²) in [5.74, 6) is -0.338. The fourth-order valence-corrected chi connectivity index (χ4v) is 16.8. The number of ether oxygens (including phenoxy) is 1. The first kappa shape index (κ1) is 25.7. The Bertz CT molecular complexity index is 1020. The van der Waals surface area contributed by atoms with Crippen molar-refractivity contribution in [2.24, 2.45) is 0 Å². The maximum Gasteiger partial charge on any atom is 0.335 e. The third-order valence-corrected chi connectivity index (χ3v) is 17.7. The van der Waals surface area contributed by atoms with Crippen LogP contribution < -0.4 is 5.73 Å². The number of nitrogens with two attached hydrogens (primary N) is 1. The van der Waals surface area contributed by atoms with Gasteiger partial charge < -0.3 is 28.0 Å². The van der Waals surface area contributed by atoms with Gasteiger partial charge in [-0.3, -0.25) is 0 Å². The number of nitrogen functional groups attached to an aromatic ring is 1. The van der Waals surface area contributed by atoms with E-state index in [-0.39, 0.29) is 45.6 Å². The van der Waals surface area contributed by atoms with Gasteiger partial charge in [-0.25, -0.2) is 14.4 Å². The van der Waals surface area contributed by atoms with Gasteiger partial charge in [0.15, 0.2) is 11.5 Å². The normalized spacial score (nSPS) is 27.0. The molecule has 2 aromatic heterocycles. The van der Waals surface area contributed by atoms with Crippen LogP contribution in [0.15, 0.2) is 12.5 Å². The fraction of sp³-hybridized carbons (Fsp3) is 0.739. The Balaban J connectivity index is 1.74. The molecule has 0 aliphatic carbocycles. The monoisotopic (exact) mass is 510 g/mol. The minimum Gasteiger partial charge on any atom is -0.414 e. The van der Waals surface area contributed by atoms with Crippen molar-refractivity contribution in [3.05, 3.63) is 18.3 Å². The van der Waals surface area contributed by atoms with Crippen molar-refractivity contribution in [3.8, 4) is 0 Å². The van der Waals surface area contributed by atoms with Crippen LogP contribution in [0, 0.1) is 5.82 Å². The van der Waals surface area contributed by atoms with Gasteiger partial charge in [0, 0.05) is 12.6 Å². The molecule has 34 heavy (non-hydrogen) atoms. The summed E-state index contributed by atoms with van der Waals surface area (Å²) in [4.78, 5) is 8.22. The molecule has 0 aromatic carbocycles. The summed E-state index contributed by atoms with van der Waals surface area (Å²) in [6.07, 6.45) is 2.36. The molecule has 2 fully saturated rings. The van der Waals surface area contributed by atoms with Crippen LogP contribution in [0.25, 0.3) is 11.0 Å². The van der Waals surface area contributed by atoms with Crippen molar-refractivity contribution in [1.82, 2.24) is 14.5 Å². The largest absolute Gasteiger partial charge is 0.414 e. The number of hydrogen-bond donors (Lipinski definition) is 1. The fourth-order valence-electron chi connectivity index (χ4n) is 5.59. The molecule has 3 atom stereocenters. The minimum absolute atomic E-state index is 0.119. The molecule has 0 radical (unpaired) electrons. The molecule has 2 aliphatic heterocycles. The van der Waals surface area contributed by atoms with Gasteiger partial charge in [-0.05, 0) is 22.2 Å². The smallest absolute Gasteiger partial charge is 0.335 e. The van der Waals surface area contributed by atoms with Gasteiger partial charge in [0.05, 0.1) is 18.1 Å². The van der Waals surface area contributed by atoms with Gasteiger partial charge in [-0.1, -0.05) is 55.4 Å². The summed E-state index contributed by atoms with van der Waals surface area (Å²) in [6.45, 7) is 18.0. The molecule has 0 spiro atoms. The van der Waals surface area contributed by atoms with Gasteiger partial charge in [0.25, 0.3) is 0 Å². The molecular formula is C23H39FN4O4Si2. The van der Waals surface area contributed by atoms with Crippen molar-refractivity contribution >= 4 is 34.0 Å². The van der Waals surface area contributed by atoms with E-state index < -0.39 is 29.2 Å². The maximum absolute atomic E-state index is 14.7. The van der Waals surface area contributed by atoms with Crippen molar-refractivity contribution in [3.63, 3.8) is 0 Å². The molecule has 0 bridgehead atoms. The third-order valence-electron chi connectivity index (χ3n) is 7.43. The highest BCUT2D eigenvalue weighted by molar-refractivity contribution is 6.83. The number of fused-ring (bicyclic) bond motifs is 2. The summed E-state index contributed by atoms with van der Waals surface area (Å²) >= 11 is 0. The standard InChI is InChI=1S/C23H39FN4O4Si2/c1-13(2)33(14(3)4)29-11-19-18(31-34(32-33,15(5)6)16(7)8)9-20(30-19)28-10-17(24)21-22(25)26-12-27-23(21)28/h10,12-16,18-20H,9,11H2,1-8H3,(H2,25,26,27)/t18-,19+,20+/m0/s1. The Morgan fingerprint density at radius 2 is 1.59 bits per heavy atom. The van der Waals surface area contributed by atoms with Crippen molar-refractivity contribution in [2.45, 2.75) is 102 Å². The molecule has 0 saturated carbocycles. The molecule has 0 unspecified atom stereocenters. The Morgan fingerprint density at radius 3 is 2.18 bits per heavy atom. The number of aromatic nitrogens is 3. The lowest BCUT2D eigenvalue weighted by Gasteiger charge is -2.51. The molecule has 2 saturated heterocycles. The molecule has 2 aliphatic rings. The first-order valence-electron chi connectivity index (χ1n) is 12.4. The third kappa shape index (κ3) is 4.03. The summed E-state index contributed by atoms with van der Waals surface area (Å²) in [5, 5.41) is 0.218. The Labute approximate surface area is 203 Å². The predicted molar refractivity (Wildman–Crippen MR) is 134 cm³/mol. The second-order valence-electron chi connectivity index (χ2n) is 10.8. The molecular weight excluding hydrogens is 471 g/mol. The zero-order chi connectivity index (χ0) is 25.0. The first-order chi connectivity index (χ1) is 15.9. The van der Waals surface area contributed by atoms with Gasteiger partial charge in [-0.15, -0.1) is 0 Å². The lowest BCUT2D eigenvalue weighted by molar-refractivity contribution is -0.0544. The molecule has 2 N–H and O–H groups in total. The summed E-state index contributed by atoms with van der Waals surface area (Å²) in [6, 6.07) is 0. The van der Waals surface area contributed by atoms with Crippen LogP contribution >= 0.6 is 0 Å². The molecule has 0 amide bonds. The average Bonchev–Trinajstić information content (AvgIpc) is 3.28. The molecule has 11 heteroatoms. The maximum atomic E-state index is 14.7. The van der Waals surface area contributed by atoms with Crippen LogP contribution in [0.5, 0.6) is 0 Å². The molecule has 4 heterocycles. The van der Waals surface area contributed by atoms with Crippen LogP contribution in [-0.4, -0.2) is 50.5 Å². The van der Waals surface area contributed by atoms with Crippen molar-refractivity contribution < 1.29 is 22.1 Å². The van der Waals surface area contributed by atoms with E-state index in [0.29, 0.717) is 18.7 Å². The molecule has 8 nitrogen and oxygen atoms in total. The highest BCUT2D eigenvalue weighted by Crippen LogP contribution is 2.48. The van der Waals surface area contributed by atoms with E-state index in [1.807, 2.05) is 0 Å². The van der Waals surface area contributed by atoms with E-state index >= 15 is 0 Å². The lowest BCUT2D eigenvalue weighted by Crippen LogP contribution is -2.65. The minimum atomic E-state index is -2.73. The van der Waals surface area contributed by atoms with Crippen LogP contribution in [0.1, 0.15) is 68.0 Å². The number of hydrogen-bond acceptors (Lipinski definition) is 7. The highest BCUT2D eigenvalue weighted by atomic mass is 28.5. The second kappa shape index (κ2) is 9.25. The Kier molecular flexibility index (Phi) is 6.99. The van der Waals surface area contributed by atoms with Gasteiger partial charge >= 0.3 is 17.1 Å². The van der Waals surface area contributed by atoms with Crippen molar-refractivity contribution in [2.75, 3.05) is 12.3 Å². The van der Waals surface area contributed by atoms with E-state index in [1.165, 1.54) is 12.5 Å². The Morgan fingerprint density at radius 1 is 0.971 bits per heavy atom. The number of rotatable bonds is 5. The zero-order valence-electron chi connectivity index (χ0n) is 21.5. The van der Waals surface area contributed by atoms with Gasteiger partial charge in [0.2, 0.25) is 0 Å². The van der Waals surface area contributed by atoms with Gasteiger partial charge in [-0.2, -0.15) is 0 Å². The zero-order valence-corrected chi connectivity index (χ0v) is 23.5. The molecule has 190 valence electrons. The van der Waals surface area contributed by atoms with E-state index in [9.17, 15) is 4.39 Å². The Hall–Kier alpha value is -1.38. The van der Waals surface area contributed by atoms with Crippen LogP contribution in [0.2, 0.25) is 22.2 Å². The average molecular weight is 511 g/mol. The second-order valence-corrected chi connectivity index (χ2v) is 19.7. The van der Waals surface area contributed by atoms with Crippen molar-refractivity contribution in [1.29, 1.82) is 0 Å².